The third-order valence-electron chi connectivity index (χ3n) is 8.14. The number of aliphatic hydroxyl groups excluding tert-OH is 1. The summed E-state index contributed by atoms with van der Waals surface area (Å²) in [6, 6.07) is 10.5. The molecule has 5 atom stereocenters. The average molecular weight is 666 g/mol. The maximum absolute atomic E-state index is 16.0. The van der Waals surface area contributed by atoms with Crippen LogP contribution in [0.1, 0.15) is 76.4 Å². The van der Waals surface area contributed by atoms with Gasteiger partial charge in [-0.05, 0) is 69.5 Å². The SMILES string of the molecule is [B]C(=O)N(CC)c1cc(/C=C/C[C@@H]2OC(C)(C)O[C@@H]2[C@H](OCc2ccc(OC)cc2)/C(F)=C\[C@@H](C)[C@H](C)O)c2c(c1)OC(C)(C)OC2=O. The van der Waals surface area contributed by atoms with Gasteiger partial charge in [0.15, 0.2) is 11.6 Å². The Hall–Kier alpha value is -3.71. The van der Waals surface area contributed by atoms with Crippen LogP contribution in [0.25, 0.3) is 6.08 Å². The highest BCUT2D eigenvalue weighted by atomic mass is 19.1. The van der Waals surface area contributed by atoms with Crippen molar-refractivity contribution in [1.82, 2.24) is 0 Å². The number of nitrogens with zero attached hydrogens (tertiary/aromatic N) is 1. The molecule has 1 N–H and O–H groups in total. The third kappa shape index (κ3) is 9.05. The lowest BCUT2D eigenvalue weighted by atomic mass is 9.98. The summed E-state index contributed by atoms with van der Waals surface area (Å²) in [5.74, 6) is -3.67. The number of hydrogen-bond donors (Lipinski definition) is 1. The van der Waals surface area contributed by atoms with E-state index in [-0.39, 0.29) is 24.3 Å². The molecule has 0 unspecified atom stereocenters. The van der Waals surface area contributed by atoms with Gasteiger partial charge in [-0.1, -0.05) is 31.2 Å². The zero-order valence-electron chi connectivity index (χ0n) is 28.8. The van der Waals surface area contributed by atoms with Crippen molar-refractivity contribution in [3.8, 4) is 11.5 Å². The minimum atomic E-state index is -1.22. The summed E-state index contributed by atoms with van der Waals surface area (Å²) in [4.78, 5) is 26.7. The van der Waals surface area contributed by atoms with Crippen molar-refractivity contribution < 1.29 is 47.5 Å². The number of fused-ring (bicyclic) bond motifs is 1. The van der Waals surface area contributed by atoms with E-state index in [0.717, 1.165) is 5.56 Å². The van der Waals surface area contributed by atoms with E-state index in [2.05, 4.69) is 0 Å². The van der Waals surface area contributed by atoms with Crippen molar-refractivity contribution >= 4 is 31.4 Å². The molecule has 1 amide bonds. The fraction of sp³-hybridized carbons (Fsp3) is 0.500. The molecule has 0 aliphatic carbocycles. The summed E-state index contributed by atoms with van der Waals surface area (Å²) < 4.78 is 51.4. The van der Waals surface area contributed by atoms with Gasteiger partial charge in [-0.2, -0.15) is 0 Å². The molecule has 0 spiro atoms. The van der Waals surface area contributed by atoms with E-state index >= 15 is 4.39 Å². The third-order valence-corrected chi connectivity index (χ3v) is 8.14. The van der Waals surface area contributed by atoms with Crippen molar-refractivity contribution in [2.45, 2.75) is 97.5 Å². The summed E-state index contributed by atoms with van der Waals surface area (Å²) in [6.45, 7) is 12.2. The van der Waals surface area contributed by atoms with Crippen molar-refractivity contribution in [1.29, 1.82) is 0 Å². The van der Waals surface area contributed by atoms with Crippen LogP contribution < -0.4 is 14.4 Å². The maximum atomic E-state index is 16.0. The Morgan fingerprint density at radius 2 is 1.79 bits per heavy atom. The number of amides is 1. The number of carbonyl (C=O) groups excluding carboxylic acids is 2. The minimum Gasteiger partial charge on any atom is -0.497 e. The Balaban J connectivity index is 1.66. The highest BCUT2D eigenvalue weighted by Gasteiger charge is 2.47. The number of methoxy groups -OCH3 is 1. The second-order valence-corrected chi connectivity index (χ2v) is 12.9. The normalized spacial score (nSPS) is 22.0. The molecule has 12 heteroatoms. The Morgan fingerprint density at radius 3 is 2.40 bits per heavy atom. The molecule has 2 radical (unpaired) electrons. The monoisotopic (exact) mass is 665 g/mol. The molecule has 258 valence electrons. The van der Waals surface area contributed by atoms with E-state index in [4.69, 9.17) is 36.3 Å². The number of esters is 1. The van der Waals surface area contributed by atoms with Crippen LogP contribution in [0.2, 0.25) is 0 Å². The first-order valence-electron chi connectivity index (χ1n) is 16.0. The van der Waals surface area contributed by atoms with Gasteiger partial charge in [-0.25, -0.2) is 9.18 Å². The summed E-state index contributed by atoms with van der Waals surface area (Å²) in [7, 11) is 7.20. The van der Waals surface area contributed by atoms with Crippen LogP contribution in [0.4, 0.5) is 14.9 Å². The zero-order valence-corrected chi connectivity index (χ0v) is 28.8. The average Bonchev–Trinajstić information content (AvgIpc) is 3.30. The van der Waals surface area contributed by atoms with Crippen LogP contribution >= 0.6 is 0 Å². The lowest BCUT2D eigenvalue weighted by Gasteiger charge is -2.33. The molecular weight excluding hydrogens is 620 g/mol. The van der Waals surface area contributed by atoms with Crippen molar-refractivity contribution in [3.05, 3.63) is 71.1 Å². The summed E-state index contributed by atoms with van der Waals surface area (Å²) in [6.07, 6.45) is 1.56. The first kappa shape index (κ1) is 37.1. The standard InChI is InChI=1S/C36H45BFNO9/c1-9-39(34(37)42)25-18-24(30-29(19-25)46-36(6,7)48-33(30)41)11-10-12-28-32(47-35(4,5)45-28)31(27(38)17-21(2)22(3)40)44-20-23-13-15-26(43-8)16-14-23/h10-11,13-19,21-22,28,31-32,40H,9,12,20H2,1-8H3/b11-10+,27-17+/t21-,22+,28+,31-,32+/m1/s1. The highest BCUT2D eigenvalue weighted by molar-refractivity contribution is 6.60. The second kappa shape index (κ2) is 15.2. The summed E-state index contributed by atoms with van der Waals surface area (Å²) in [5, 5.41) is 10.1. The van der Waals surface area contributed by atoms with E-state index in [1.165, 1.54) is 11.0 Å². The van der Waals surface area contributed by atoms with Crippen molar-refractivity contribution in [2.75, 3.05) is 18.6 Å². The largest absolute Gasteiger partial charge is 0.497 e. The van der Waals surface area contributed by atoms with E-state index < -0.39 is 59.5 Å². The van der Waals surface area contributed by atoms with Crippen LogP contribution in [0.5, 0.6) is 11.5 Å². The zero-order chi connectivity index (χ0) is 35.4. The maximum Gasteiger partial charge on any atom is 0.345 e. The molecule has 0 bridgehead atoms. The molecule has 1 fully saturated rings. The lowest BCUT2D eigenvalue weighted by molar-refractivity contribution is -0.158. The molecule has 4 rings (SSSR count). The summed E-state index contributed by atoms with van der Waals surface area (Å²) in [5.41, 5.74) is 1.87. The number of hydrogen-bond acceptors (Lipinski definition) is 9. The number of anilines is 1. The first-order chi connectivity index (χ1) is 22.5. The molecule has 2 heterocycles. The topological polar surface area (TPSA) is 113 Å². The van der Waals surface area contributed by atoms with Gasteiger partial charge < -0.3 is 38.4 Å². The number of carbonyl (C=O) groups is 2. The van der Waals surface area contributed by atoms with Gasteiger partial charge >= 0.3 is 5.97 Å². The van der Waals surface area contributed by atoms with Crippen LogP contribution in [0, 0.1) is 5.92 Å². The molecule has 0 aromatic heterocycles. The molecule has 2 aliphatic heterocycles. The molecular formula is C36H45BFNO9. The fourth-order valence-electron chi connectivity index (χ4n) is 5.59. The fourth-order valence-corrected chi connectivity index (χ4v) is 5.59. The Labute approximate surface area is 283 Å². The highest BCUT2D eigenvalue weighted by Crippen LogP contribution is 2.39. The lowest BCUT2D eigenvalue weighted by Crippen LogP contribution is -2.39. The predicted octanol–water partition coefficient (Wildman–Crippen LogP) is 6.47. The first-order valence-corrected chi connectivity index (χ1v) is 16.0. The van der Waals surface area contributed by atoms with Crippen LogP contribution in [0.15, 0.2) is 54.4 Å². The van der Waals surface area contributed by atoms with E-state index in [1.54, 1.807) is 92.0 Å². The van der Waals surface area contributed by atoms with E-state index in [0.29, 0.717) is 23.5 Å². The number of rotatable bonds is 13. The van der Waals surface area contributed by atoms with Gasteiger partial charge in [-0.3, -0.25) is 4.79 Å². The molecule has 2 aliphatic rings. The van der Waals surface area contributed by atoms with Gasteiger partial charge in [0.05, 0.1) is 25.9 Å². The number of ether oxygens (including phenoxy) is 6. The van der Waals surface area contributed by atoms with Gasteiger partial charge in [-0.15, -0.1) is 0 Å². The summed E-state index contributed by atoms with van der Waals surface area (Å²) >= 11 is 0. The van der Waals surface area contributed by atoms with Gasteiger partial charge in [0.1, 0.15) is 35.1 Å². The second-order valence-electron chi connectivity index (χ2n) is 12.9. The number of cyclic esters (lactones) is 1. The number of halogens is 1. The quantitative estimate of drug-likeness (QED) is 0.190. The molecule has 2 aromatic carbocycles. The molecule has 48 heavy (non-hydrogen) atoms. The molecule has 1 saturated heterocycles. The Morgan fingerprint density at radius 1 is 1.10 bits per heavy atom. The smallest absolute Gasteiger partial charge is 0.345 e. The van der Waals surface area contributed by atoms with Crippen LogP contribution in [-0.2, 0) is 25.6 Å². The number of aliphatic hydroxyl groups is 1. The molecule has 10 nitrogen and oxygen atoms in total. The van der Waals surface area contributed by atoms with Gasteiger partial charge in [0.25, 0.3) is 0 Å². The Bertz CT molecular complexity index is 1520. The number of benzene rings is 2. The van der Waals surface area contributed by atoms with Crippen LogP contribution in [-0.4, -0.2) is 74.4 Å². The van der Waals surface area contributed by atoms with Gasteiger partial charge in [0.2, 0.25) is 13.6 Å². The Kier molecular flexibility index (Phi) is 11.8. The van der Waals surface area contributed by atoms with Crippen molar-refractivity contribution in [3.63, 3.8) is 0 Å². The van der Waals surface area contributed by atoms with E-state index in [9.17, 15) is 14.7 Å². The predicted molar refractivity (Wildman–Crippen MR) is 180 cm³/mol. The van der Waals surface area contributed by atoms with Gasteiger partial charge in [0, 0.05) is 38.1 Å². The van der Waals surface area contributed by atoms with Crippen LogP contribution in [0.3, 0.4) is 0 Å². The molecule has 2 aromatic rings. The molecule has 0 saturated carbocycles. The minimum absolute atomic E-state index is 0.0764. The van der Waals surface area contributed by atoms with E-state index in [1.807, 2.05) is 12.1 Å². The van der Waals surface area contributed by atoms with Crippen molar-refractivity contribution in [2.24, 2.45) is 5.92 Å².